The molecule has 1 aliphatic rings. The Hall–Kier alpha value is -2.54. The number of carbonyl (C=O) groups is 1. The summed E-state index contributed by atoms with van der Waals surface area (Å²) in [4.78, 5) is 15.8. The quantitative estimate of drug-likeness (QED) is 0.665. The molecule has 0 saturated heterocycles. The summed E-state index contributed by atoms with van der Waals surface area (Å²) in [5, 5.41) is 3.60. The van der Waals surface area contributed by atoms with Crippen molar-refractivity contribution in [2.45, 2.75) is 44.0 Å². The van der Waals surface area contributed by atoms with E-state index in [2.05, 4.69) is 10.3 Å². The Labute approximate surface area is 171 Å². The zero-order valence-corrected chi connectivity index (χ0v) is 16.2. The van der Waals surface area contributed by atoms with Crippen LogP contribution in [0.1, 0.15) is 36.8 Å². The molecule has 1 amide bonds. The molecule has 0 unspecified atom stereocenters. The van der Waals surface area contributed by atoms with Gasteiger partial charge in [-0.2, -0.15) is 13.2 Å². The standard InChI is InChI=1S/C21H20ClF3N2O2/c22-16-5-1-14(2-6-16)3-11-19(28)27-17-7-9-18(10-8-17)29-20-12-4-15(13-26-20)21(23,24)25/h1-6,11-13,17-18H,7-10H2,(H,27,28)/b11-3+. The maximum Gasteiger partial charge on any atom is 0.417 e. The van der Waals surface area contributed by atoms with Crippen molar-refractivity contribution in [2.75, 3.05) is 0 Å². The van der Waals surface area contributed by atoms with E-state index in [9.17, 15) is 18.0 Å². The number of aromatic nitrogens is 1. The second kappa shape index (κ2) is 9.31. The summed E-state index contributed by atoms with van der Waals surface area (Å²) in [5.74, 6) is 0.00473. The molecule has 0 aliphatic heterocycles. The minimum absolute atomic E-state index is 0.0396. The molecule has 29 heavy (non-hydrogen) atoms. The predicted molar refractivity (Wildman–Crippen MR) is 105 cm³/mol. The summed E-state index contributed by atoms with van der Waals surface area (Å²) in [6.45, 7) is 0. The average molecular weight is 425 g/mol. The van der Waals surface area contributed by atoms with Gasteiger partial charge < -0.3 is 10.1 Å². The van der Waals surface area contributed by atoms with Crippen LogP contribution in [0.3, 0.4) is 0 Å². The Morgan fingerprint density at radius 2 is 1.79 bits per heavy atom. The summed E-state index contributed by atoms with van der Waals surface area (Å²) in [7, 11) is 0. The van der Waals surface area contributed by atoms with Gasteiger partial charge in [0.25, 0.3) is 0 Å². The summed E-state index contributed by atoms with van der Waals surface area (Å²) in [5.41, 5.74) is 0.0774. The summed E-state index contributed by atoms with van der Waals surface area (Å²) in [6.07, 6.45) is 2.27. The first kappa shape index (κ1) is 21.2. The lowest BCUT2D eigenvalue weighted by atomic mass is 9.93. The molecule has 2 aromatic rings. The second-order valence-corrected chi connectivity index (χ2v) is 7.30. The van der Waals surface area contributed by atoms with E-state index in [1.807, 2.05) is 12.1 Å². The van der Waals surface area contributed by atoms with Gasteiger partial charge in [0, 0.05) is 29.4 Å². The first-order valence-corrected chi connectivity index (χ1v) is 9.61. The predicted octanol–water partition coefficient (Wildman–Crippen LogP) is 5.27. The van der Waals surface area contributed by atoms with Crippen molar-refractivity contribution >= 4 is 23.6 Å². The van der Waals surface area contributed by atoms with Crippen LogP contribution in [0, 0.1) is 0 Å². The molecule has 154 valence electrons. The SMILES string of the molecule is O=C(/C=C/c1ccc(Cl)cc1)NC1CCC(Oc2ccc(C(F)(F)F)cn2)CC1. The van der Waals surface area contributed by atoms with Crippen LogP contribution in [-0.4, -0.2) is 23.0 Å². The smallest absolute Gasteiger partial charge is 0.417 e. The maximum atomic E-state index is 12.6. The van der Waals surface area contributed by atoms with Crippen LogP contribution in [0.5, 0.6) is 5.88 Å². The number of nitrogens with one attached hydrogen (secondary N) is 1. The lowest BCUT2D eigenvalue weighted by molar-refractivity contribution is -0.137. The highest BCUT2D eigenvalue weighted by molar-refractivity contribution is 6.30. The third-order valence-corrected chi connectivity index (χ3v) is 4.92. The van der Waals surface area contributed by atoms with Gasteiger partial charge >= 0.3 is 6.18 Å². The number of pyridine rings is 1. The highest BCUT2D eigenvalue weighted by Gasteiger charge is 2.31. The molecule has 1 aromatic carbocycles. The van der Waals surface area contributed by atoms with Gasteiger partial charge in [-0.05, 0) is 55.5 Å². The number of carbonyl (C=O) groups excluding carboxylic acids is 1. The first-order valence-electron chi connectivity index (χ1n) is 9.23. The first-order chi connectivity index (χ1) is 13.8. The number of halogens is 4. The summed E-state index contributed by atoms with van der Waals surface area (Å²) >= 11 is 5.83. The van der Waals surface area contributed by atoms with Gasteiger partial charge in [-0.3, -0.25) is 4.79 Å². The Morgan fingerprint density at radius 3 is 2.38 bits per heavy atom. The minimum Gasteiger partial charge on any atom is -0.474 e. The monoisotopic (exact) mass is 424 g/mol. The van der Waals surface area contributed by atoms with Gasteiger partial charge in [-0.15, -0.1) is 0 Å². The molecule has 4 nitrogen and oxygen atoms in total. The Balaban J connectivity index is 1.43. The van der Waals surface area contributed by atoms with E-state index in [0.717, 1.165) is 30.7 Å². The van der Waals surface area contributed by atoms with Crippen molar-refractivity contribution in [1.29, 1.82) is 0 Å². The molecule has 1 aromatic heterocycles. The van der Waals surface area contributed by atoms with E-state index in [-0.39, 0.29) is 23.9 Å². The molecule has 1 fully saturated rings. The molecule has 3 rings (SSSR count). The highest BCUT2D eigenvalue weighted by Crippen LogP contribution is 2.30. The molecule has 0 bridgehead atoms. The highest BCUT2D eigenvalue weighted by atomic mass is 35.5. The van der Waals surface area contributed by atoms with Gasteiger partial charge in [-0.1, -0.05) is 23.7 Å². The van der Waals surface area contributed by atoms with E-state index in [4.69, 9.17) is 16.3 Å². The van der Waals surface area contributed by atoms with Gasteiger partial charge in [0.15, 0.2) is 0 Å². The maximum absolute atomic E-state index is 12.6. The second-order valence-electron chi connectivity index (χ2n) is 6.87. The lowest BCUT2D eigenvalue weighted by Gasteiger charge is -2.29. The van der Waals surface area contributed by atoms with Crippen LogP contribution in [0.15, 0.2) is 48.7 Å². The third kappa shape index (κ3) is 6.49. The Kier molecular flexibility index (Phi) is 6.79. The zero-order chi connectivity index (χ0) is 20.9. The molecular formula is C21H20ClF3N2O2. The fourth-order valence-electron chi connectivity index (χ4n) is 3.11. The van der Waals surface area contributed by atoms with Crippen LogP contribution in [-0.2, 0) is 11.0 Å². The van der Waals surface area contributed by atoms with E-state index < -0.39 is 11.7 Å². The third-order valence-electron chi connectivity index (χ3n) is 4.67. The Bertz CT molecular complexity index is 844. The average Bonchev–Trinajstić information content (AvgIpc) is 2.69. The van der Waals surface area contributed by atoms with E-state index in [0.29, 0.717) is 17.9 Å². The zero-order valence-electron chi connectivity index (χ0n) is 15.5. The van der Waals surface area contributed by atoms with Gasteiger partial charge in [0.2, 0.25) is 11.8 Å². The molecule has 0 radical (unpaired) electrons. The Morgan fingerprint density at radius 1 is 1.10 bits per heavy atom. The van der Waals surface area contributed by atoms with Crippen LogP contribution in [0.4, 0.5) is 13.2 Å². The minimum atomic E-state index is -4.41. The molecule has 1 heterocycles. The van der Waals surface area contributed by atoms with Crippen LogP contribution < -0.4 is 10.1 Å². The van der Waals surface area contributed by atoms with Crippen LogP contribution >= 0.6 is 11.6 Å². The van der Waals surface area contributed by atoms with Crippen molar-refractivity contribution in [2.24, 2.45) is 0 Å². The van der Waals surface area contributed by atoms with E-state index in [1.165, 1.54) is 12.1 Å². The number of alkyl halides is 3. The van der Waals surface area contributed by atoms with Crippen molar-refractivity contribution in [3.8, 4) is 5.88 Å². The largest absolute Gasteiger partial charge is 0.474 e. The van der Waals surface area contributed by atoms with Crippen molar-refractivity contribution in [1.82, 2.24) is 10.3 Å². The van der Waals surface area contributed by atoms with E-state index >= 15 is 0 Å². The number of hydrogen-bond donors (Lipinski definition) is 1. The number of hydrogen-bond acceptors (Lipinski definition) is 3. The van der Waals surface area contributed by atoms with Gasteiger partial charge in [-0.25, -0.2) is 4.98 Å². The van der Waals surface area contributed by atoms with E-state index in [1.54, 1.807) is 18.2 Å². The fourth-order valence-corrected chi connectivity index (χ4v) is 3.23. The molecule has 0 atom stereocenters. The normalized spacial score (nSPS) is 19.9. The molecule has 1 saturated carbocycles. The number of amides is 1. The topological polar surface area (TPSA) is 51.2 Å². The van der Waals surface area contributed by atoms with Crippen molar-refractivity contribution < 1.29 is 22.7 Å². The van der Waals surface area contributed by atoms with Crippen LogP contribution in [0.25, 0.3) is 6.08 Å². The van der Waals surface area contributed by atoms with Crippen molar-refractivity contribution in [3.63, 3.8) is 0 Å². The molecule has 1 aliphatic carbocycles. The summed E-state index contributed by atoms with van der Waals surface area (Å²) < 4.78 is 43.4. The van der Waals surface area contributed by atoms with Crippen LogP contribution in [0.2, 0.25) is 5.02 Å². The number of rotatable bonds is 5. The van der Waals surface area contributed by atoms with Crippen molar-refractivity contribution in [3.05, 3.63) is 64.8 Å². The molecule has 8 heteroatoms. The number of ether oxygens (including phenoxy) is 1. The number of benzene rings is 1. The molecular weight excluding hydrogens is 405 g/mol. The molecule has 0 spiro atoms. The van der Waals surface area contributed by atoms with Gasteiger partial charge in [0.1, 0.15) is 6.10 Å². The lowest BCUT2D eigenvalue weighted by Crippen LogP contribution is -2.39. The molecule has 1 N–H and O–H groups in total. The fraction of sp³-hybridized carbons (Fsp3) is 0.333. The number of nitrogens with zero attached hydrogens (tertiary/aromatic N) is 1. The van der Waals surface area contributed by atoms with Gasteiger partial charge in [0.05, 0.1) is 5.56 Å². The summed E-state index contributed by atoms with van der Waals surface area (Å²) in [6, 6.07) is 9.39.